The van der Waals surface area contributed by atoms with Crippen LogP contribution in [-0.2, 0) is 16.5 Å². The normalized spacial score (nSPS) is 11.6. The van der Waals surface area contributed by atoms with Gasteiger partial charge >= 0.3 is 10.1 Å². The molecule has 1 heterocycles. The molecule has 0 amide bonds. The molecule has 0 aliphatic carbocycles. The lowest BCUT2D eigenvalue weighted by Gasteiger charge is -2.02. The molecule has 1 N–H and O–H groups in total. The van der Waals surface area contributed by atoms with Gasteiger partial charge in [0.25, 0.3) is 0 Å². The maximum atomic E-state index is 10.9. The van der Waals surface area contributed by atoms with Crippen LogP contribution in [0.25, 0.3) is 0 Å². The fraction of sp³-hybridized carbons (Fsp3) is 0.625. The summed E-state index contributed by atoms with van der Waals surface area (Å²) in [4.78, 5) is 0. The molecule has 1 aromatic heterocycles. The average molecular weight is 231 g/mol. The van der Waals surface area contributed by atoms with Gasteiger partial charge in [-0.2, -0.15) is 8.42 Å². The number of rotatable bonds is 5. The van der Waals surface area contributed by atoms with Crippen LogP contribution in [0.3, 0.4) is 0 Å². The van der Waals surface area contributed by atoms with Crippen LogP contribution in [0.5, 0.6) is 0 Å². The van der Waals surface area contributed by atoms with Gasteiger partial charge in [0, 0.05) is 5.56 Å². The first-order chi connectivity index (χ1) is 7.05. The minimum Gasteiger partial charge on any atom is -0.281 e. The van der Waals surface area contributed by atoms with E-state index in [1.165, 1.54) is 6.20 Å². The van der Waals surface area contributed by atoms with Crippen LogP contribution < -0.4 is 0 Å². The third-order valence-corrected chi connectivity index (χ3v) is 2.80. The molecule has 0 aliphatic rings. The second kappa shape index (κ2) is 5.13. The summed E-state index contributed by atoms with van der Waals surface area (Å²) in [5.41, 5.74) is 0.418. The molecule has 1 aromatic rings. The molecular weight excluding hydrogens is 218 g/mol. The lowest BCUT2D eigenvalue weighted by atomic mass is 10.1. The third kappa shape index (κ3) is 3.52. The van der Waals surface area contributed by atoms with Gasteiger partial charge in [0.2, 0.25) is 5.03 Å². The monoisotopic (exact) mass is 231 g/mol. The zero-order valence-electron chi connectivity index (χ0n) is 8.42. The van der Waals surface area contributed by atoms with E-state index in [1.807, 2.05) is 6.92 Å². The Morgan fingerprint density at radius 2 is 2.13 bits per heavy atom. The molecule has 6 nitrogen and oxygen atoms in total. The minimum absolute atomic E-state index is 0.381. The van der Waals surface area contributed by atoms with E-state index in [0.29, 0.717) is 12.0 Å². The highest BCUT2D eigenvalue weighted by Crippen LogP contribution is 2.13. The van der Waals surface area contributed by atoms with E-state index in [9.17, 15) is 8.42 Å². The van der Waals surface area contributed by atoms with E-state index in [2.05, 4.69) is 15.4 Å². The van der Waals surface area contributed by atoms with Crippen molar-refractivity contribution in [2.75, 3.05) is 0 Å². The molecule has 1 rings (SSSR count). The standard InChI is InChI=1S/C8H13N3O3S/c1-2-3-4-5-7-6-9-11-10-8(7)15(12,13)14/h6H,2-5H2,1H3,(H,12,13,14). The molecule has 0 saturated carbocycles. The van der Waals surface area contributed by atoms with E-state index in [-0.39, 0.29) is 5.03 Å². The van der Waals surface area contributed by atoms with Crippen molar-refractivity contribution in [3.8, 4) is 0 Å². The fourth-order valence-corrected chi connectivity index (χ4v) is 1.86. The number of aryl methyl sites for hydroxylation is 1. The summed E-state index contributed by atoms with van der Waals surface area (Å²) in [6.45, 7) is 2.05. The molecular formula is C8H13N3O3S. The first-order valence-electron chi connectivity index (χ1n) is 4.70. The summed E-state index contributed by atoms with van der Waals surface area (Å²) in [6, 6.07) is 0. The number of hydrogen-bond donors (Lipinski definition) is 1. The summed E-state index contributed by atoms with van der Waals surface area (Å²) < 4.78 is 30.7. The van der Waals surface area contributed by atoms with Crippen molar-refractivity contribution in [3.63, 3.8) is 0 Å². The van der Waals surface area contributed by atoms with Gasteiger partial charge in [0.15, 0.2) is 0 Å². The van der Waals surface area contributed by atoms with E-state index >= 15 is 0 Å². The van der Waals surface area contributed by atoms with Crippen molar-refractivity contribution < 1.29 is 13.0 Å². The molecule has 0 saturated heterocycles. The van der Waals surface area contributed by atoms with Gasteiger partial charge in [0.05, 0.1) is 6.20 Å². The van der Waals surface area contributed by atoms with E-state index < -0.39 is 10.1 Å². The van der Waals surface area contributed by atoms with Crippen molar-refractivity contribution in [2.45, 2.75) is 37.6 Å². The van der Waals surface area contributed by atoms with Crippen LogP contribution in [0.4, 0.5) is 0 Å². The second-order valence-corrected chi connectivity index (χ2v) is 4.53. The Balaban J connectivity index is 2.88. The van der Waals surface area contributed by atoms with Crippen molar-refractivity contribution >= 4 is 10.1 Å². The number of unbranched alkanes of at least 4 members (excludes halogenated alkanes) is 2. The highest BCUT2D eigenvalue weighted by atomic mass is 32.2. The molecule has 7 heteroatoms. The zero-order valence-corrected chi connectivity index (χ0v) is 9.24. The molecule has 0 atom stereocenters. The molecule has 0 aliphatic heterocycles. The van der Waals surface area contributed by atoms with Crippen LogP contribution in [0.2, 0.25) is 0 Å². The average Bonchev–Trinajstić information content (AvgIpc) is 2.17. The molecule has 0 unspecified atom stereocenters. The van der Waals surface area contributed by atoms with Crippen molar-refractivity contribution in [1.29, 1.82) is 0 Å². The van der Waals surface area contributed by atoms with Crippen LogP contribution in [-0.4, -0.2) is 28.4 Å². The van der Waals surface area contributed by atoms with Crippen molar-refractivity contribution in [2.24, 2.45) is 0 Å². The van der Waals surface area contributed by atoms with Gasteiger partial charge in [-0.05, 0) is 18.1 Å². The van der Waals surface area contributed by atoms with Crippen molar-refractivity contribution in [3.05, 3.63) is 11.8 Å². The Kier molecular flexibility index (Phi) is 4.10. The first-order valence-corrected chi connectivity index (χ1v) is 6.14. The number of hydrogen-bond acceptors (Lipinski definition) is 5. The van der Waals surface area contributed by atoms with Gasteiger partial charge in [-0.3, -0.25) is 4.55 Å². The fourth-order valence-electron chi connectivity index (χ4n) is 1.24. The summed E-state index contributed by atoms with van der Waals surface area (Å²) in [7, 11) is -4.28. The molecule has 0 fully saturated rings. The highest BCUT2D eigenvalue weighted by molar-refractivity contribution is 7.85. The van der Waals surface area contributed by atoms with E-state index in [4.69, 9.17) is 4.55 Å². The van der Waals surface area contributed by atoms with Crippen LogP contribution in [0.15, 0.2) is 11.2 Å². The van der Waals surface area contributed by atoms with Crippen molar-refractivity contribution in [1.82, 2.24) is 15.4 Å². The second-order valence-electron chi connectivity index (χ2n) is 3.20. The maximum Gasteiger partial charge on any atom is 0.314 e. The maximum absolute atomic E-state index is 10.9. The number of aromatic nitrogens is 3. The summed E-state index contributed by atoms with van der Waals surface area (Å²) in [5, 5.41) is 9.65. The largest absolute Gasteiger partial charge is 0.314 e. The quantitative estimate of drug-likeness (QED) is 0.596. The predicted octanol–water partition coefficient (Wildman–Crippen LogP) is 0.851. The van der Waals surface area contributed by atoms with Gasteiger partial charge < -0.3 is 0 Å². The predicted molar refractivity (Wildman–Crippen MR) is 52.9 cm³/mol. The third-order valence-electron chi connectivity index (χ3n) is 1.97. The Morgan fingerprint density at radius 3 is 2.73 bits per heavy atom. The Hall–Kier alpha value is -1.08. The van der Waals surface area contributed by atoms with Crippen LogP contribution in [0, 0.1) is 0 Å². The lowest BCUT2D eigenvalue weighted by molar-refractivity contribution is 0.473. The van der Waals surface area contributed by atoms with E-state index in [1.54, 1.807) is 0 Å². The minimum atomic E-state index is -4.28. The van der Waals surface area contributed by atoms with Gasteiger partial charge in [-0.1, -0.05) is 19.8 Å². The Bertz CT molecular complexity index is 419. The smallest absolute Gasteiger partial charge is 0.281 e. The zero-order chi connectivity index (χ0) is 11.3. The molecule has 0 aromatic carbocycles. The van der Waals surface area contributed by atoms with E-state index in [0.717, 1.165) is 19.3 Å². The lowest BCUT2D eigenvalue weighted by Crippen LogP contribution is -2.08. The highest BCUT2D eigenvalue weighted by Gasteiger charge is 2.17. The molecule has 0 bridgehead atoms. The topological polar surface area (TPSA) is 93.0 Å². The van der Waals surface area contributed by atoms with Gasteiger partial charge in [-0.15, -0.1) is 10.2 Å². The SMILES string of the molecule is CCCCCc1cnnnc1S(=O)(=O)O. The Labute approximate surface area is 88.5 Å². The first kappa shape index (κ1) is 12.0. The van der Waals surface area contributed by atoms with Crippen LogP contribution >= 0.6 is 0 Å². The number of nitrogens with zero attached hydrogens (tertiary/aromatic N) is 3. The molecule has 15 heavy (non-hydrogen) atoms. The van der Waals surface area contributed by atoms with Crippen LogP contribution in [0.1, 0.15) is 31.7 Å². The summed E-state index contributed by atoms with van der Waals surface area (Å²) >= 11 is 0. The van der Waals surface area contributed by atoms with Gasteiger partial charge in [0.1, 0.15) is 0 Å². The Morgan fingerprint density at radius 1 is 1.40 bits per heavy atom. The molecule has 0 spiro atoms. The summed E-state index contributed by atoms with van der Waals surface area (Å²) in [5.74, 6) is 0. The van der Waals surface area contributed by atoms with Gasteiger partial charge in [-0.25, -0.2) is 0 Å². The molecule has 84 valence electrons. The summed E-state index contributed by atoms with van der Waals surface area (Å²) in [6.07, 6.45) is 4.73. The molecule has 0 radical (unpaired) electrons.